The molecule has 20 heavy (non-hydrogen) atoms. The van der Waals surface area contributed by atoms with Gasteiger partial charge in [0, 0.05) is 17.5 Å². The van der Waals surface area contributed by atoms with E-state index in [-0.39, 0.29) is 19.1 Å². The van der Waals surface area contributed by atoms with E-state index in [9.17, 15) is 10.2 Å². The van der Waals surface area contributed by atoms with Crippen molar-refractivity contribution in [3.05, 3.63) is 34.3 Å². The minimum absolute atomic E-state index is 0.257. The van der Waals surface area contributed by atoms with E-state index < -0.39 is 18.3 Å². The first-order valence-electron chi connectivity index (χ1n) is 6.34. The highest BCUT2D eigenvalue weighted by Crippen LogP contribution is 2.29. The molecule has 0 aliphatic carbocycles. The van der Waals surface area contributed by atoms with Crippen molar-refractivity contribution in [3.8, 4) is 0 Å². The van der Waals surface area contributed by atoms with Crippen molar-refractivity contribution in [3.63, 3.8) is 0 Å². The first-order valence-corrected chi connectivity index (χ1v) is 6.72. The van der Waals surface area contributed by atoms with Gasteiger partial charge in [-0.3, -0.25) is 0 Å². The van der Waals surface area contributed by atoms with Crippen LogP contribution >= 0.6 is 11.6 Å². The van der Waals surface area contributed by atoms with E-state index in [4.69, 9.17) is 26.5 Å². The van der Waals surface area contributed by atoms with E-state index in [1.165, 1.54) is 8.05 Å². The standard InChI is InChI=1S/C13H20BClO5/c1-7-4-8(2-3-10(7)15)11(20-14)5-9(6-16)12(17)13(18)19/h2-4,9,11-13,16-19H,5-6,14H2,1H3. The van der Waals surface area contributed by atoms with E-state index in [1.807, 2.05) is 13.0 Å². The summed E-state index contributed by atoms with van der Waals surface area (Å²) >= 11 is 5.97. The van der Waals surface area contributed by atoms with Crippen LogP contribution < -0.4 is 0 Å². The van der Waals surface area contributed by atoms with Crippen LogP contribution in [-0.2, 0) is 4.65 Å². The summed E-state index contributed by atoms with van der Waals surface area (Å²) in [5.74, 6) is -0.698. The fraction of sp³-hybridized carbons (Fsp3) is 0.538. The molecule has 0 saturated carbocycles. The van der Waals surface area contributed by atoms with Gasteiger partial charge in [-0.25, -0.2) is 0 Å². The van der Waals surface area contributed by atoms with Gasteiger partial charge in [0.15, 0.2) is 6.29 Å². The lowest BCUT2D eigenvalue weighted by Crippen LogP contribution is -2.36. The summed E-state index contributed by atoms with van der Waals surface area (Å²) in [6, 6.07) is 5.43. The highest BCUT2D eigenvalue weighted by molar-refractivity contribution is 6.31. The number of halogens is 1. The quantitative estimate of drug-likeness (QED) is 0.418. The van der Waals surface area contributed by atoms with Gasteiger partial charge < -0.3 is 25.1 Å². The molecule has 0 spiro atoms. The Morgan fingerprint density at radius 2 is 1.95 bits per heavy atom. The molecular weight excluding hydrogens is 282 g/mol. The van der Waals surface area contributed by atoms with Crippen molar-refractivity contribution < 1.29 is 25.1 Å². The minimum atomic E-state index is -1.89. The third-order valence-electron chi connectivity index (χ3n) is 3.38. The van der Waals surface area contributed by atoms with Crippen LogP contribution in [-0.4, -0.2) is 47.5 Å². The van der Waals surface area contributed by atoms with Gasteiger partial charge in [-0.15, -0.1) is 0 Å². The SMILES string of the molecule is BOC(CC(CO)C(O)C(O)O)c1ccc(Cl)c(C)c1. The van der Waals surface area contributed by atoms with Gasteiger partial charge in [-0.2, -0.15) is 0 Å². The molecule has 0 aliphatic heterocycles. The van der Waals surface area contributed by atoms with E-state index in [1.54, 1.807) is 12.1 Å². The van der Waals surface area contributed by atoms with E-state index >= 15 is 0 Å². The summed E-state index contributed by atoms with van der Waals surface area (Å²) in [7, 11) is 1.52. The lowest BCUT2D eigenvalue weighted by molar-refractivity contribution is -0.149. The summed E-state index contributed by atoms with van der Waals surface area (Å²) in [5, 5.41) is 37.6. The number of benzene rings is 1. The van der Waals surface area contributed by atoms with Crippen molar-refractivity contribution in [2.24, 2.45) is 5.92 Å². The van der Waals surface area contributed by atoms with Crippen LogP contribution in [0.3, 0.4) is 0 Å². The van der Waals surface area contributed by atoms with E-state index in [2.05, 4.69) is 0 Å². The number of hydrogen-bond donors (Lipinski definition) is 4. The van der Waals surface area contributed by atoms with Crippen LogP contribution in [0.2, 0.25) is 5.02 Å². The number of aliphatic hydroxyl groups excluding tert-OH is 3. The Kier molecular flexibility index (Phi) is 6.95. The molecule has 3 atom stereocenters. The highest BCUT2D eigenvalue weighted by atomic mass is 35.5. The van der Waals surface area contributed by atoms with Crippen LogP contribution in [0.1, 0.15) is 23.7 Å². The smallest absolute Gasteiger partial charge is 0.258 e. The van der Waals surface area contributed by atoms with Gasteiger partial charge in [-0.1, -0.05) is 23.7 Å². The van der Waals surface area contributed by atoms with Crippen molar-refractivity contribution in [2.45, 2.75) is 31.8 Å². The van der Waals surface area contributed by atoms with Gasteiger partial charge in [0.05, 0.1) is 6.10 Å². The van der Waals surface area contributed by atoms with Crippen molar-refractivity contribution in [1.82, 2.24) is 0 Å². The molecule has 1 aromatic rings. The Hall–Kier alpha value is -0.625. The maximum atomic E-state index is 9.64. The van der Waals surface area contributed by atoms with Crippen molar-refractivity contribution >= 4 is 19.7 Å². The van der Waals surface area contributed by atoms with Crippen LogP contribution in [0.5, 0.6) is 0 Å². The Morgan fingerprint density at radius 3 is 2.40 bits per heavy atom. The fourth-order valence-corrected chi connectivity index (χ4v) is 2.19. The zero-order valence-corrected chi connectivity index (χ0v) is 12.3. The molecule has 1 aromatic carbocycles. The average Bonchev–Trinajstić information content (AvgIpc) is 2.42. The number of rotatable bonds is 7. The zero-order valence-electron chi connectivity index (χ0n) is 11.5. The Bertz CT molecular complexity index is 429. The van der Waals surface area contributed by atoms with Gasteiger partial charge in [0.1, 0.15) is 6.10 Å². The summed E-state index contributed by atoms with van der Waals surface area (Å²) in [5.41, 5.74) is 1.75. The predicted octanol–water partition coefficient (Wildman–Crippen LogP) is -0.0756. The lowest BCUT2D eigenvalue weighted by atomic mass is 9.91. The predicted molar refractivity (Wildman–Crippen MR) is 78.0 cm³/mol. The lowest BCUT2D eigenvalue weighted by Gasteiger charge is -2.27. The molecule has 0 aliphatic rings. The Morgan fingerprint density at radius 1 is 1.30 bits per heavy atom. The molecule has 5 nitrogen and oxygen atoms in total. The van der Waals surface area contributed by atoms with Crippen LogP contribution in [0.15, 0.2) is 18.2 Å². The summed E-state index contributed by atoms with van der Waals surface area (Å²) < 4.78 is 5.36. The first-order chi connectivity index (χ1) is 9.40. The molecule has 0 amide bonds. The van der Waals surface area contributed by atoms with E-state index in [0.29, 0.717) is 5.02 Å². The molecule has 7 heteroatoms. The molecule has 4 N–H and O–H groups in total. The highest BCUT2D eigenvalue weighted by Gasteiger charge is 2.27. The van der Waals surface area contributed by atoms with Gasteiger partial charge in [-0.05, 0) is 30.5 Å². The van der Waals surface area contributed by atoms with Crippen molar-refractivity contribution in [2.75, 3.05) is 6.61 Å². The van der Waals surface area contributed by atoms with Gasteiger partial charge >= 0.3 is 0 Å². The second kappa shape index (κ2) is 7.97. The number of aliphatic hydroxyl groups is 4. The summed E-state index contributed by atoms with van der Waals surface area (Å²) in [4.78, 5) is 0. The maximum absolute atomic E-state index is 9.64. The molecular formula is C13H20BClO5. The Balaban J connectivity index is 2.87. The maximum Gasteiger partial charge on any atom is 0.258 e. The monoisotopic (exact) mass is 302 g/mol. The minimum Gasteiger partial charge on any atom is -0.437 e. The van der Waals surface area contributed by atoms with Crippen LogP contribution in [0.25, 0.3) is 0 Å². The molecule has 1 rings (SSSR count). The van der Waals surface area contributed by atoms with Crippen molar-refractivity contribution in [1.29, 1.82) is 0 Å². The molecule has 0 aromatic heterocycles. The number of hydrogen-bond acceptors (Lipinski definition) is 5. The van der Waals surface area contributed by atoms with Gasteiger partial charge in [0.2, 0.25) is 0 Å². The molecule has 0 radical (unpaired) electrons. The second-order valence-electron chi connectivity index (χ2n) is 4.82. The number of aryl methyl sites for hydroxylation is 1. The van der Waals surface area contributed by atoms with E-state index in [0.717, 1.165) is 11.1 Å². The molecule has 0 heterocycles. The zero-order chi connectivity index (χ0) is 15.3. The van der Waals surface area contributed by atoms with Crippen LogP contribution in [0, 0.1) is 12.8 Å². The third-order valence-corrected chi connectivity index (χ3v) is 3.80. The van der Waals surface area contributed by atoms with Crippen LogP contribution in [0.4, 0.5) is 0 Å². The molecule has 0 saturated heterocycles. The average molecular weight is 303 g/mol. The fourth-order valence-electron chi connectivity index (χ4n) is 2.08. The normalized spacial score (nSPS) is 16.1. The molecule has 0 fully saturated rings. The summed E-state index contributed by atoms with van der Waals surface area (Å²) in [6.45, 7) is 1.50. The molecule has 3 unspecified atom stereocenters. The second-order valence-corrected chi connectivity index (χ2v) is 5.22. The first kappa shape index (κ1) is 17.4. The van der Waals surface area contributed by atoms with Gasteiger partial charge in [0.25, 0.3) is 8.05 Å². The molecule has 112 valence electrons. The summed E-state index contributed by atoms with van der Waals surface area (Å²) in [6.07, 6.45) is -3.44. The topological polar surface area (TPSA) is 90.2 Å². The molecule has 0 bridgehead atoms. The Labute approximate surface area is 124 Å². The largest absolute Gasteiger partial charge is 0.437 e. The third kappa shape index (κ3) is 4.44.